The number of amides is 3. The molecule has 0 saturated carbocycles. The summed E-state index contributed by atoms with van der Waals surface area (Å²) in [5.74, 6) is -0.440. The van der Waals surface area contributed by atoms with E-state index < -0.39 is 0 Å². The molecule has 1 aliphatic rings. The van der Waals surface area contributed by atoms with E-state index in [1.807, 2.05) is 13.8 Å². The molecule has 1 aliphatic heterocycles. The molecule has 1 unspecified atom stereocenters. The van der Waals surface area contributed by atoms with Crippen molar-refractivity contribution in [2.45, 2.75) is 32.7 Å². The van der Waals surface area contributed by atoms with Gasteiger partial charge >= 0.3 is 0 Å². The van der Waals surface area contributed by atoms with Gasteiger partial charge in [-0.2, -0.15) is 0 Å². The number of hydrogen-bond donors (Lipinski definition) is 1. The molecule has 92 valence electrons. The van der Waals surface area contributed by atoms with E-state index >= 15 is 0 Å². The smallest absolute Gasteiger partial charge is 0.251 e. The molecule has 0 aromatic rings. The van der Waals surface area contributed by atoms with Crippen LogP contribution in [0.3, 0.4) is 0 Å². The van der Waals surface area contributed by atoms with Crippen molar-refractivity contribution in [1.29, 1.82) is 0 Å². The van der Waals surface area contributed by atoms with Crippen LogP contribution in [0.15, 0.2) is 23.9 Å². The standard InChI is InChI=1S/C12H16N2O3/c1-8-6-12(17)14(10(8)3)9(2)4-5-11(16)13-7-15/h6-7,9H,3-5H2,1-2H3,(H,13,15,16). The van der Waals surface area contributed by atoms with Crippen LogP contribution in [0.4, 0.5) is 0 Å². The van der Waals surface area contributed by atoms with E-state index in [0.29, 0.717) is 18.5 Å². The van der Waals surface area contributed by atoms with Gasteiger partial charge in [0.1, 0.15) is 0 Å². The summed E-state index contributed by atoms with van der Waals surface area (Å²) in [4.78, 5) is 34.4. The Bertz CT molecular complexity index is 399. The van der Waals surface area contributed by atoms with Gasteiger partial charge in [0.2, 0.25) is 12.3 Å². The van der Waals surface area contributed by atoms with Crippen LogP contribution in [0.2, 0.25) is 0 Å². The highest BCUT2D eigenvalue weighted by atomic mass is 16.2. The van der Waals surface area contributed by atoms with Gasteiger partial charge < -0.3 is 4.90 Å². The maximum Gasteiger partial charge on any atom is 0.251 e. The van der Waals surface area contributed by atoms with Gasteiger partial charge in [0.05, 0.1) is 0 Å². The third-order valence-electron chi connectivity index (χ3n) is 2.77. The zero-order valence-corrected chi connectivity index (χ0v) is 10.0. The van der Waals surface area contributed by atoms with Gasteiger partial charge in [-0.15, -0.1) is 0 Å². The van der Waals surface area contributed by atoms with Gasteiger partial charge in [-0.3, -0.25) is 19.7 Å². The highest BCUT2D eigenvalue weighted by molar-refractivity contribution is 5.94. The van der Waals surface area contributed by atoms with Crippen LogP contribution in [0.5, 0.6) is 0 Å². The summed E-state index contributed by atoms with van der Waals surface area (Å²) in [7, 11) is 0. The highest BCUT2D eigenvalue weighted by Gasteiger charge is 2.27. The van der Waals surface area contributed by atoms with Crippen molar-refractivity contribution in [3.8, 4) is 0 Å². The van der Waals surface area contributed by atoms with Crippen molar-refractivity contribution in [2.75, 3.05) is 0 Å². The maximum atomic E-state index is 11.6. The van der Waals surface area contributed by atoms with E-state index in [9.17, 15) is 14.4 Å². The fourth-order valence-corrected chi connectivity index (χ4v) is 1.75. The summed E-state index contributed by atoms with van der Waals surface area (Å²) in [5, 5.41) is 2.06. The molecule has 0 aromatic heterocycles. The fourth-order valence-electron chi connectivity index (χ4n) is 1.75. The fraction of sp³-hybridized carbons (Fsp3) is 0.417. The van der Waals surface area contributed by atoms with E-state index in [1.165, 1.54) is 6.08 Å². The second-order valence-electron chi connectivity index (χ2n) is 4.06. The molecule has 0 aliphatic carbocycles. The number of carbonyl (C=O) groups excluding carboxylic acids is 3. The molecule has 0 aromatic carbocycles. The number of nitrogens with zero attached hydrogens (tertiary/aromatic N) is 1. The summed E-state index contributed by atoms with van der Waals surface area (Å²) in [6.07, 6.45) is 2.59. The van der Waals surface area contributed by atoms with Crippen molar-refractivity contribution < 1.29 is 14.4 Å². The second-order valence-corrected chi connectivity index (χ2v) is 4.06. The second kappa shape index (κ2) is 5.43. The van der Waals surface area contributed by atoms with Crippen molar-refractivity contribution in [1.82, 2.24) is 10.2 Å². The summed E-state index contributed by atoms with van der Waals surface area (Å²) in [5.41, 5.74) is 1.53. The first kappa shape index (κ1) is 13.2. The minimum atomic E-state index is -0.339. The van der Waals surface area contributed by atoms with Gasteiger partial charge in [0, 0.05) is 24.2 Å². The first-order valence-electron chi connectivity index (χ1n) is 5.41. The van der Waals surface area contributed by atoms with Crippen LogP contribution in [-0.4, -0.2) is 29.2 Å². The Morgan fingerprint density at radius 1 is 1.65 bits per heavy atom. The number of imide groups is 1. The van der Waals surface area contributed by atoms with E-state index in [4.69, 9.17) is 0 Å². The van der Waals surface area contributed by atoms with Crippen molar-refractivity contribution >= 4 is 18.2 Å². The van der Waals surface area contributed by atoms with E-state index in [1.54, 1.807) is 4.90 Å². The summed E-state index contributed by atoms with van der Waals surface area (Å²) < 4.78 is 0. The molecule has 0 fully saturated rings. The summed E-state index contributed by atoms with van der Waals surface area (Å²) in [6, 6.07) is -0.110. The molecule has 0 spiro atoms. The topological polar surface area (TPSA) is 66.5 Å². The van der Waals surface area contributed by atoms with Crippen molar-refractivity contribution in [3.05, 3.63) is 23.9 Å². The van der Waals surface area contributed by atoms with Gasteiger partial charge in [-0.05, 0) is 25.8 Å². The lowest BCUT2D eigenvalue weighted by atomic mass is 10.1. The van der Waals surface area contributed by atoms with Crippen LogP contribution >= 0.6 is 0 Å². The lowest BCUT2D eigenvalue weighted by Gasteiger charge is -2.25. The number of nitrogens with one attached hydrogen (secondary N) is 1. The third-order valence-corrected chi connectivity index (χ3v) is 2.77. The average molecular weight is 236 g/mol. The quantitative estimate of drug-likeness (QED) is 0.715. The molecule has 0 saturated heterocycles. The molecule has 17 heavy (non-hydrogen) atoms. The lowest BCUT2D eigenvalue weighted by Crippen LogP contribution is -2.34. The van der Waals surface area contributed by atoms with Crippen molar-refractivity contribution in [3.63, 3.8) is 0 Å². The highest BCUT2D eigenvalue weighted by Crippen LogP contribution is 2.25. The zero-order valence-electron chi connectivity index (χ0n) is 10.0. The molecule has 3 amide bonds. The van der Waals surface area contributed by atoms with Crippen LogP contribution in [0, 0.1) is 0 Å². The molecule has 5 nitrogen and oxygen atoms in total. The number of rotatable bonds is 5. The molecule has 5 heteroatoms. The Morgan fingerprint density at radius 2 is 2.29 bits per heavy atom. The van der Waals surface area contributed by atoms with Gasteiger partial charge in [-0.1, -0.05) is 6.58 Å². The SMILES string of the molecule is C=C1C(C)=CC(=O)N1C(C)CCC(=O)NC=O. The lowest BCUT2D eigenvalue weighted by molar-refractivity contribution is -0.128. The predicted octanol–water partition coefficient (Wildman–Crippen LogP) is 0.730. The Hall–Kier alpha value is -1.91. The zero-order chi connectivity index (χ0) is 13.0. The van der Waals surface area contributed by atoms with Crippen LogP contribution in [0.25, 0.3) is 0 Å². The molecule has 0 radical (unpaired) electrons. The third kappa shape index (κ3) is 3.03. The minimum Gasteiger partial charge on any atom is -0.306 e. The Kier molecular flexibility index (Phi) is 4.20. The molecule has 1 rings (SSSR count). The Labute approximate surface area is 100 Å². The minimum absolute atomic E-state index is 0.101. The van der Waals surface area contributed by atoms with Crippen LogP contribution in [-0.2, 0) is 14.4 Å². The number of hydrogen-bond acceptors (Lipinski definition) is 3. The average Bonchev–Trinajstić information content (AvgIpc) is 2.50. The van der Waals surface area contributed by atoms with Gasteiger partial charge in [0.15, 0.2) is 0 Å². The van der Waals surface area contributed by atoms with Crippen LogP contribution < -0.4 is 5.32 Å². The Balaban J connectivity index is 2.52. The van der Waals surface area contributed by atoms with Gasteiger partial charge in [-0.25, -0.2) is 0 Å². The monoisotopic (exact) mass is 236 g/mol. The largest absolute Gasteiger partial charge is 0.306 e. The number of carbonyl (C=O) groups is 3. The Morgan fingerprint density at radius 3 is 2.76 bits per heavy atom. The summed E-state index contributed by atoms with van der Waals surface area (Å²) in [6.45, 7) is 7.51. The molecular formula is C12H16N2O3. The van der Waals surface area contributed by atoms with E-state index in [-0.39, 0.29) is 24.3 Å². The summed E-state index contributed by atoms with van der Waals surface area (Å²) >= 11 is 0. The molecule has 0 bridgehead atoms. The van der Waals surface area contributed by atoms with Crippen molar-refractivity contribution in [2.24, 2.45) is 0 Å². The van der Waals surface area contributed by atoms with E-state index in [2.05, 4.69) is 11.9 Å². The normalized spacial score (nSPS) is 16.8. The maximum absolute atomic E-state index is 11.6. The first-order valence-corrected chi connectivity index (χ1v) is 5.41. The molecule has 1 N–H and O–H groups in total. The number of allylic oxidation sites excluding steroid dienone is 1. The first-order chi connectivity index (χ1) is 7.97. The predicted molar refractivity (Wildman–Crippen MR) is 62.6 cm³/mol. The van der Waals surface area contributed by atoms with Gasteiger partial charge in [0.25, 0.3) is 5.91 Å². The molecule has 1 heterocycles. The van der Waals surface area contributed by atoms with Crippen LogP contribution in [0.1, 0.15) is 26.7 Å². The molecule has 1 atom stereocenters. The van der Waals surface area contributed by atoms with E-state index in [0.717, 1.165) is 5.57 Å². The molecular weight excluding hydrogens is 220 g/mol.